The number of pyridine rings is 1. The van der Waals surface area contributed by atoms with Crippen LogP contribution < -0.4 is 5.32 Å². The van der Waals surface area contributed by atoms with Crippen molar-refractivity contribution in [2.75, 3.05) is 33.0 Å². The van der Waals surface area contributed by atoms with E-state index in [9.17, 15) is 18.1 Å². The van der Waals surface area contributed by atoms with Crippen LogP contribution in [0.25, 0.3) is 22.4 Å². The molecular weight excluding hydrogens is 525 g/mol. The zero-order valence-electron chi connectivity index (χ0n) is 22.3. The molecule has 38 heavy (non-hydrogen) atoms. The van der Waals surface area contributed by atoms with Gasteiger partial charge in [0.1, 0.15) is 5.76 Å². The van der Waals surface area contributed by atoms with Gasteiger partial charge in [-0.05, 0) is 50.2 Å². The number of hydrogen-bond acceptors (Lipinski definition) is 7. The fraction of sp³-hybridized carbons (Fsp3) is 0.481. The first kappa shape index (κ1) is 28.6. The Morgan fingerprint density at radius 2 is 2.00 bits per heavy atom. The first-order valence-electron chi connectivity index (χ1n) is 12.9. The van der Waals surface area contributed by atoms with Crippen molar-refractivity contribution in [1.29, 1.82) is 0 Å². The lowest BCUT2D eigenvalue weighted by Crippen LogP contribution is -2.27. The van der Waals surface area contributed by atoms with Crippen LogP contribution in [-0.4, -0.2) is 57.0 Å². The van der Waals surface area contributed by atoms with Crippen LogP contribution in [0.5, 0.6) is 0 Å². The number of benzene rings is 1. The minimum Gasteiger partial charge on any atom is -0.760 e. The number of furan rings is 1. The fourth-order valence-electron chi connectivity index (χ4n) is 4.32. The highest BCUT2D eigenvalue weighted by atomic mass is 32.2. The van der Waals surface area contributed by atoms with E-state index in [0.717, 1.165) is 29.5 Å². The standard InChI is InChI=1S/C27H36N3O6PS/c1-5-37(4,32)35-15-7-6-14-30(38(33)34)17-23-21(19-12-13-19)16-22-24(26(31)28-3)25(36-27(22)29-23)20-10-8-18(2)9-11-20/h8-11,16,19H,5-7,12-15,17H2,1-4H3,(H,28,31)(H,33,34)/p-1. The van der Waals surface area contributed by atoms with E-state index in [2.05, 4.69) is 5.32 Å². The number of aromatic nitrogens is 1. The summed E-state index contributed by atoms with van der Waals surface area (Å²) in [4.78, 5) is 17.7. The summed E-state index contributed by atoms with van der Waals surface area (Å²) in [6, 6.07) is 9.68. The minimum absolute atomic E-state index is 0.107. The smallest absolute Gasteiger partial charge is 0.255 e. The van der Waals surface area contributed by atoms with Crippen molar-refractivity contribution in [3.63, 3.8) is 0 Å². The van der Waals surface area contributed by atoms with Gasteiger partial charge < -0.3 is 18.8 Å². The van der Waals surface area contributed by atoms with Gasteiger partial charge in [-0.15, -0.1) is 0 Å². The number of nitrogens with zero attached hydrogens (tertiary/aromatic N) is 2. The Morgan fingerprint density at radius 1 is 1.29 bits per heavy atom. The third kappa shape index (κ3) is 6.79. The van der Waals surface area contributed by atoms with E-state index in [-0.39, 0.29) is 18.4 Å². The monoisotopic (exact) mass is 560 g/mol. The Hall–Kier alpha value is -2.36. The lowest BCUT2D eigenvalue weighted by atomic mass is 10.0. The summed E-state index contributed by atoms with van der Waals surface area (Å²) in [7, 11) is -0.985. The average molecular weight is 561 g/mol. The Kier molecular flexibility index (Phi) is 9.21. The number of carbonyl (C=O) groups is 1. The van der Waals surface area contributed by atoms with Crippen molar-refractivity contribution in [1.82, 2.24) is 14.6 Å². The number of fused-ring (bicyclic) bond motifs is 1. The zero-order chi connectivity index (χ0) is 27.4. The van der Waals surface area contributed by atoms with Crippen molar-refractivity contribution in [2.24, 2.45) is 0 Å². The summed E-state index contributed by atoms with van der Waals surface area (Å²) in [6.07, 6.45) is 3.62. The van der Waals surface area contributed by atoms with Crippen molar-refractivity contribution < 1.29 is 27.1 Å². The molecule has 2 aromatic heterocycles. The Bertz CT molecular complexity index is 1370. The highest BCUT2D eigenvalue weighted by Gasteiger charge is 2.31. The SMILES string of the molecule is CCP(C)(=O)OCCCCN(Cc1nc2oc(-c3ccc(C)cc3)c(C(=O)NC)c2cc1C1CC1)S(=O)[O-]. The first-order chi connectivity index (χ1) is 18.1. The molecule has 0 spiro atoms. The summed E-state index contributed by atoms with van der Waals surface area (Å²) in [5.41, 5.74) is 4.18. The second kappa shape index (κ2) is 12.2. The quantitative estimate of drug-likeness (QED) is 0.169. The first-order valence-corrected chi connectivity index (χ1v) is 16.2. The summed E-state index contributed by atoms with van der Waals surface area (Å²) in [5.74, 6) is 0.454. The van der Waals surface area contributed by atoms with E-state index in [1.165, 1.54) is 4.31 Å². The lowest BCUT2D eigenvalue weighted by Gasteiger charge is -2.25. The van der Waals surface area contributed by atoms with Gasteiger partial charge in [-0.1, -0.05) is 36.8 Å². The van der Waals surface area contributed by atoms with Crippen LogP contribution in [0.15, 0.2) is 34.7 Å². The highest BCUT2D eigenvalue weighted by Crippen LogP contribution is 2.44. The van der Waals surface area contributed by atoms with E-state index in [1.807, 2.05) is 44.2 Å². The average Bonchev–Trinajstić information content (AvgIpc) is 3.67. The second-order valence-corrected chi connectivity index (χ2v) is 13.7. The van der Waals surface area contributed by atoms with Gasteiger partial charge in [-0.25, -0.2) is 9.29 Å². The van der Waals surface area contributed by atoms with Gasteiger partial charge in [0, 0.05) is 43.2 Å². The maximum absolute atomic E-state index is 12.9. The predicted octanol–water partition coefficient (Wildman–Crippen LogP) is 5.36. The molecule has 1 N–H and O–H groups in total. The molecule has 0 aliphatic heterocycles. The topological polar surface area (TPSA) is 125 Å². The third-order valence-corrected chi connectivity index (χ3v) is 9.47. The molecule has 1 saturated carbocycles. The molecule has 3 aromatic rings. The van der Waals surface area contributed by atoms with Gasteiger partial charge in [0.05, 0.1) is 29.8 Å². The molecule has 4 rings (SSSR count). The van der Waals surface area contributed by atoms with Crippen molar-refractivity contribution in [3.05, 3.63) is 52.7 Å². The summed E-state index contributed by atoms with van der Waals surface area (Å²) >= 11 is -2.45. The van der Waals surface area contributed by atoms with Gasteiger partial charge in [0.15, 0.2) is 7.37 Å². The van der Waals surface area contributed by atoms with Crippen LogP contribution >= 0.6 is 7.37 Å². The number of nitrogens with one attached hydrogen (secondary N) is 1. The molecule has 206 valence electrons. The second-order valence-electron chi connectivity index (χ2n) is 9.85. The van der Waals surface area contributed by atoms with Crippen molar-refractivity contribution >= 4 is 35.6 Å². The minimum atomic E-state index is -2.57. The number of rotatable bonds is 13. The van der Waals surface area contributed by atoms with Crippen LogP contribution in [0.4, 0.5) is 0 Å². The molecule has 1 aliphatic rings. The van der Waals surface area contributed by atoms with Crippen molar-refractivity contribution in [2.45, 2.75) is 52.0 Å². The van der Waals surface area contributed by atoms with Gasteiger partial charge in [-0.3, -0.25) is 13.6 Å². The van der Waals surface area contributed by atoms with Crippen LogP contribution in [-0.2, 0) is 26.9 Å². The molecule has 1 aliphatic carbocycles. The Labute approximate surface area is 226 Å². The van der Waals surface area contributed by atoms with E-state index in [1.54, 1.807) is 13.7 Å². The van der Waals surface area contributed by atoms with Gasteiger partial charge in [0.25, 0.3) is 5.91 Å². The number of carbonyl (C=O) groups excluding carboxylic acids is 1. The molecule has 1 fully saturated rings. The van der Waals surface area contributed by atoms with Gasteiger partial charge in [0.2, 0.25) is 5.71 Å². The molecular formula is C27H35N3O6PS-. The molecule has 0 saturated heterocycles. The van der Waals surface area contributed by atoms with E-state index in [4.69, 9.17) is 13.9 Å². The van der Waals surface area contributed by atoms with Crippen LogP contribution in [0.2, 0.25) is 0 Å². The third-order valence-electron chi connectivity index (χ3n) is 6.86. The normalized spacial score (nSPS) is 16.1. The van der Waals surface area contributed by atoms with Crippen LogP contribution in [0.1, 0.15) is 65.7 Å². The molecule has 1 aromatic carbocycles. The number of hydrogen-bond donors (Lipinski definition) is 1. The molecule has 1 amide bonds. The fourth-order valence-corrected chi connectivity index (χ4v) is 5.52. The predicted molar refractivity (Wildman–Crippen MR) is 148 cm³/mol. The molecule has 2 atom stereocenters. The van der Waals surface area contributed by atoms with E-state index < -0.39 is 18.6 Å². The zero-order valence-corrected chi connectivity index (χ0v) is 24.0. The Balaban J connectivity index is 1.63. The largest absolute Gasteiger partial charge is 0.760 e. The van der Waals surface area contributed by atoms with E-state index >= 15 is 0 Å². The maximum atomic E-state index is 12.9. The molecule has 2 unspecified atom stereocenters. The summed E-state index contributed by atoms with van der Waals surface area (Å²) in [6.45, 7) is 6.15. The maximum Gasteiger partial charge on any atom is 0.255 e. The highest BCUT2D eigenvalue weighted by molar-refractivity contribution is 7.76. The van der Waals surface area contributed by atoms with Gasteiger partial charge in [-0.2, -0.15) is 0 Å². The molecule has 2 heterocycles. The molecule has 0 bridgehead atoms. The summed E-state index contributed by atoms with van der Waals surface area (Å²) < 4.78 is 49.2. The van der Waals surface area contributed by atoms with Gasteiger partial charge >= 0.3 is 0 Å². The molecule has 9 nitrogen and oxygen atoms in total. The van der Waals surface area contributed by atoms with Crippen LogP contribution in [0, 0.1) is 6.92 Å². The summed E-state index contributed by atoms with van der Waals surface area (Å²) in [5, 5.41) is 3.33. The molecule has 0 radical (unpaired) electrons. The molecule has 11 heteroatoms. The number of amides is 1. The van der Waals surface area contributed by atoms with Crippen molar-refractivity contribution in [3.8, 4) is 11.3 Å². The van der Waals surface area contributed by atoms with E-state index in [0.29, 0.717) is 60.3 Å². The number of unbranched alkanes of at least 4 members (excludes halogenated alkanes) is 1. The Morgan fingerprint density at radius 3 is 2.61 bits per heavy atom. The van der Waals surface area contributed by atoms with Crippen LogP contribution in [0.3, 0.4) is 0 Å². The number of aryl methyl sites for hydroxylation is 1. The lowest BCUT2D eigenvalue weighted by molar-refractivity contribution is 0.0964.